The second kappa shape index (κ2) is 5.04. The zero-order valence-corrected chi connectivity index (χ0v) is 10.5. The Hall–Kier alpha value is -2.10. The summed E-state index contributed by atoms with van der Waals surface area (Å²) >= 11 is 0. The molecule has 0 fully saturated rings. The summed E-state index contributed by atoms with van der Waals surface area (Å²) in [6.07, 6.45) is 1.65. The van der Waals surface area contributed by atoms with E-state index in [-0.39, 0.29) is 17.9 Å². The lowest BCUT2D eigenvalue weighted by Gasteiger charge is -2.30. The van der Waals surface area contributed by atoms with Gasteiger partial charge in [0.05, 0.1) is 6.04 Å². The minimum absolute atomic E-state index is 0.0256. The fourth-order valence-electron chi connectivity index (χ4n) is 2.02. The molecule has 0 aliphatic carbocycles. The summed E-state index contributed by atoms with van der Waals surface area (Å²) in [5, 5.41) is 2.86. The Labute approximate surface area is 106 Å². The molecule has 1 N–H and O–H groups in total. The van der Waals surface area contributed by atoms with Crippen LogP contribution in [0, 0.1) is 0 Å². The normalized spacial score (nSPS) is 19.2. The molecule has 1 aromatic carbocycles. The fraction of sp³-hybridized carbons (Fsp3) is 0.286. The third-order valence-corrected chi connectivity index (χ3v) is 3.01. The third kappa shape index (κ3) is 2.27. The van der Waals surface area contributed by atoms with Gasteiger partial charge in [-0.1, -0.05) is 30.3 Å². The van der Waals surface area contributed by atoms with Crippen LogP contribution < -0.4 is 5.32 Å². The predicted octanol–water partition coefficient (Wildman–Crippen LogP) is 2.25. The highest BCUT2D eigenvalue weighted by Crippen LogP contribution is 2.26. The summed E-state index contributed by atoms with van der Waals surface area (Å²) in [4.78, 5) is 25.1. The molecule has 0 spiro atoms. The van der Waals surface area contributed by atoms with Crippen molar-refractivity contribution in [3.8, 4) is 0 Å². The first-order valence-electron chi connectivity index (χ1n) is 5.98. The minimum atomic E-state index is -0.348. The lowest BCUT2D eigenvalue weighted by Crippen LogP contribution is -2.44. The number of ketones is 1. The van der Waals surface area contributed by atoms with Crippen molar-refractivity contribution in [2.75, 3.05) is 6.54 Å². The Kier molecular flexibility index (Phi) is 3.46. The summed E-state index contributed by atoms with van der Waals surface area (Å²) in [6, 6.07) is 8.99. The van der Waals surface area contributed by atoms with Gasteiger partial charge in [0, 0.05) is 18.3 Å². The maximum Gasteiger partial charge on any atom is 0.322 e. The molecule has 0 unspecified atom stereocenters. The number of rotatable bonds is 3. The molecular weight excluding hydrogens is 228 g/mol. The van der Waals surface area contributed by atoms with Gasteiger partial charge in [-0.25, -0.2) is 4.79 Å². The van der Waals surface area contributed by atoms with Crippen molar-refractivity contribution in [2.45, 2.75) is 19.9 Å². The second-order valence-corrected chi connectivity index (χ2v) is 4.22. The Bertz CT molecular complexity index is 494. The molecule has 1 atom stereocenters. The molecular formula is C14H16N2O2. The summed E-state index contributed by atoms with van der Waals surface area (Å²) in [5.41, 5.74) is 1.53. The molecule has 1 aromatic rings. The smallest absolute Gasteiger partial charge is 0.322 e. The zero-order chi connectivity index (χ0) is 13.1. The number of hydrogen-bond donors (Lipinski definition) is 1. The first kappa shape index (κ1) is 12.4. The van der Waals surface area contributed by atoms with Gasteiger partial charge in [-0.15, -0.1) is 0 Å². The van der Waals surface area contributed by atoms with Crippen molar-refractivity contribution in [2.24, 2.45) is 0 Å². The van der Waals surface area contributed by atoms with E-state index in [0.29, 0.717) is 12.1 Å². The first-order valence-corrected chi connectivity index (χ1v) is 5.98. The maximum atomic E-state index is 11.8. The van der Waals surface area contributed by atoms with Gasteiger partial charge in [0.2, 0.25) is 0 Å². The standard InChI is InChI=1S/C14H16N2O2/c1-3-16-9-12(10(2)17)13(15-14(16)18)11-7-5-4-6-8-11/h4-9,13H,3H2,1-2H3,(H,15,18)/t13-/m0/s1. The van der Waals surface area contributed by atoms with Crippen molar-refractivity contribution < 1.29 is 9.59 Å². The van der Waals surface area contributed by atoms with Crippen molar-refractivity contribution in [3.63, 3.8) is 0 Å². The summed E-state index contributed by atoms with van der Waals surface area (Å²) < 4.78 is 0. The molecule has 0 aromatic heterocycles. The van der Waals surface area contributed by atoms with Crippen LogP contribution in [0.3, 0.4) is 0 Å². The van der Waals surface area contributed by atoms with Gasteiger partial charge in [0.15, 0.2) is 5.78 Å². The number of benzene rings is 1. The molecule has 94 valence electrons. The predicted molar refractivity (Wildman–Crippen MR) is 68.9 cm³/mol. The van der Waals surface area contributed by atoms with Crippen LogP contribution in [0.2, 0.25) is 0 Å². The van der Waals surface area contributed by atoms with E-state index in [0.717, 1.165) is 5.56 Å². The Morgan fingerprint density at radius 1 is 1.33 bits per heavy atom. The lowest BCUT2D eigenvalue weighted by molar-refractivity contribution is -0.114. The molecule has 2 amide bonds. The minimum Gasteiger partial charge on any atom is -0.327 e. The molecule has 4 nitrogen and oxygen atoms in total. The van der Waals surface area contributed by atoms with Crippen LogP contribution in [0.15, 0.2) is 42.1 Å². The lowest BCUT2D eigenvalue weighted by atomic mass is 9.95. The highest BCUT2D eigenvalue weighted by Gasteiger charge is 2.29. The molecule has 1 heterocycles. The van der Waals surface area contributed by atoms with E-state index in [9.17, 15) is 9.59 Å². The van der Waals surface area contributed by atoms with E-state index in [2.05, 4.69) is 5.32 Å². The van der Waals surface area contributed by atoms with Gasteiger partial charge in [-0.2, -0.15) is 0 Å². The Morgan fingerprint density at radius 2 is 2.00 bits per heavy atom. The van der Waals surface area contributed by atoms with Crippen molar-refractivity contribution in [1.29, 1.82) is 0 Å². The molecule has 2 rings (SSSR count). The molecule has 0 radical (unpaired) electrons. The van der Waals surface area contributed by atoms with Crippen molar-refractivity contribution in [3.05, 3.63) is 47.7 Å². The highest BCUT2D eigenvalue weighted by molar-refractivity contribution is 5.97. The number of hydrogen-bond acceptors (Lipinski definition) is 2. The molecule has 18 heavy (non-hydrogen) atoms. The van der Waals surface area contributed by atoms with E-state index in [1.165, 1.54) is 11.8 Å². The van der Waals surface area contributed by atoms with Gasteiger partial charge in [0.25, 0.3) is 0 Å². The SMILES string of the molecule is CCN1C=C(C(C)=O)[C@H](c2ccccc2)NC1=O. The molecule has 1 aliphatic heterocycles. The zero-order valence-electron chi connectivity index (χ0n) is 10.5. The van der Waals surface area contributed by atoms with E-state index >= 15 is 0 Å². The van der Waals surface area contributed by atoms with Crippen LogP contribution in [0.25, 0.3) is 0 Å². The Morgan fingerprint density at radius 3 is 2.56 bits per heavy atom. The molecule has 4 heteroatoms. The summed E-state index contributed by atoms with van der Waals surface area (Å²) in [5.74, 6) is -0.0256. The highest BCUT2D eigenvalue weighted by atomic mass is 16.2. The third-order valence-electron chi connectivity index (χ3n) is 3.01. The quantitative estimate of drug-likeness (QED) is 0.886. The van der Waals surface area contributed by atoms with Crippen LogP contribution in [-0.2, 0) is 4.79 Å². The van der Waals surface area contributed by atoms with Crippen molar-refractivity contribution >= 4 is 11.8 Å². The van der Waals surface area contributed by atoms with Gasteiger partial charge in [0.1, 0.15) is 0 Å². The largest absolute Gasteiger partial charge is 0.327 e. The van der Waals surface area contributed by atoms with E-state index < -0.39 is 0 Å². The molecule has 1 aliphatic rings. The number of carbonyl (C=O) groups excluding carboxylic acids is 2. The fourth-order valence-corrected chi connectivity index (χ4v) is 2.02. The van der Waals surface area contributed by atoms with Crippen LogP contribution in [0.4, 0.5) is 4.79 Å². The summed E-state index contributed by atoms with van der Waals surface area (Å²) in [7, 11) is 0. The van der Waals surface area contributed by atoms with E-state index in [1.54, 1.807) is 6.20 Å². The maximum absolute atomic E-state index is 11.8. The number of urea groups is 1. The number of nitrogens with zero attached hydrogens (tertiary/aromatic N) is 1. The van der Waals surface area contributed by atoms with Gasteiger partial charge in [-0.3, -0.25) is 4.79 Å². The van der Waals surface area contributed by atoms with Crippen LogP contribution >= 0.6 is 0 Å². The van der Waals surface area contributed by atoms with E-state index in [4.69, 9.17) is 0 Å². The Balaban J connectivity index is 2.41. The van der Waals surface area contributed by atoms with E-state index in [1.807, 2.05) is 37.3 Å². The number of Topliss-reactive ketones (excluding diaryl/α,β-unsaturated/α-hetero) is 1. The number of carbonyl (C=O) groups is 2. The molecule has 0 saturated carbocycles. The average molecular weight is 244 g/mol. The average Bonchev–Trinajstić information content (AvgIpc) is 2.39. The van der Waals surface area contributed by atoms with Crippen LogP contribution in [-0.4, -0.2) is 23.3 Å². The molecule has 0 bridgehead atoms. The first-order chi connectivity index (χ1) is 8.63. The second-order valence-electron chi connectivity index (χ2n) is 4.22. The molecule has 0 saturated heterocycles. The van der Waals surface area contributed by atoms with Crippen molar-refractivity contribution in [1.82, 2.24) is 10.2 Å². The van der Waals surface area contributed by atoms with Gasteiger partial charge in [-0.05, 0) is 19.4 Å². The topological polar surface area (TPSA) is 49.4 Å². The van der Waals surface area contributed by atoms with Crippen LogP contribution in [0.5, 0.6) is 0 Å². The van der Waals surface area contributed by atoms with Gasteiger partial charge < -0.3 is 10.2 Å². The number of amides is 2. The van der Waals surface area contributed by atoms with Gasteiger partial charge >= 0.3 is 6.03 Å². The summed E-state index contributed by atoms with van der Waals surface area (Å²) in [6.45, 7) is 3.94. The number of nitrogens with one attached hydrogen (secondary N) is 1. The van der Waals surface area contributed by atoms with Crippen LogP contribution in [0.1, 0.15) is 25.5 Å². The monoisotopic (exact) mass is 244 g/mol.